The van der Waals surface area contributed by atoms with E-state index < -0.39 is 0 Å². The zero-order chi connectivity index (χ0) is 10.1. The van der Waals surface area contributed by atoms with E-state index >= 15 is 0 Å². The summed E-state index contributed by atoms with van der Waals surface area (Å²) in [5.74, 6) is 0.531. The van der Waals surface area contributed by atoms with Gasteiger partial charge >= 0.3 is 5.69 Å². The van der Waals surface area contributed by atoms with Gasteiger partial charge in [-0.2, -0.15) is 0 Å². The van der Waals surface area contributed by atoms with Crippen molar-refractivity contribution in [1.82, 2.24) is 9.97 Å². The van der Waals surface area contributed by atoms with Crippen molar-refractivity contribution in [3.05, 3.63) is 28.2 Å². The number of carbonyl (C=O) groups excluding carboxylic acids is 1. The normalized spacial score (nSPS) is 10.4. The van der Waals surface area contributed by atoms with Gasteiger partial charge in [0.1, 0.15) is 11.3 Å². The van der Waals surface area contributed by atoms with Crippen molar-refractivity contribution in [3.8, 4) is 5.75 Å². The topological polar surface area (TPSA) is 75.0 Å². The Morgan fingerprint density at radius 3 is 2.64 bits per heavy atom. The quantitative estimate of drug-likeness (QED) is 0.687. The van der Waals surface area contributed by atoms with Gasteiger partial charge in [-0.3, -0.25) is 4.79 Å². The van der Waals surface area contributed by atoms with Crippen molar-refractivity contribution in [2.24, 2.45) is 0 Å². The molecule has 5 nitrogen and oxygen atoms in total. The van der Waals surface area contributed by atoms with Crippen LogP contribution in [0.25, 0.3) is 11.0 Å². The summed E-state index contributed by atoms with van der Waals surface area (Å²) in [5.41, 5.74) is 1.07. The summed E-state index contributed by atoms with van der Waals surface area (Å²) in [6.07, 6.45) is 0.686. The highest BCUT2D eigenvalue weighted by Gasteiger charge is 2.08. The molecule has 0 atom stereocenters. The van der Waals surface area contributed by atoms with Crippen molar-refractivity contribution in [1.29, 1.82) is 0 Å². The lowest BCUT2D eigenvalue weighted by atomic mass is 10.2. The minimum atomic E-state index is -0.354. The molecule has 0 fully saturated rings. The van der Waals surface area contributed by atoms with Gasteiger partial charge in [0.05, 0.1) is 12.6 Å². The molecule has 0 aliphatic heterocycles. The third-order valence-electron chi connectivity index (χ3n) is 2.02. The van der Waals surface area contributed by atoms with Crippen LogP contribution in [0.3, 0.4) is 0 Å². The van der Waals surface area contributed by atoms with Crippen LogP contribution >= 0.6 is 0 Å². The minimum Gasteiger partial charge on any atom is -0.494 e. The smallest absolute Gasteiger partial charge is 0.323 e. The number of ether oxygens (including phenoxy) is 1. The molecule has 0 amide bonds. The van der Waals surface area contributed by atoms with Gasteiger partial charge in [0.15, 0.2) is 6.29 Å². The highest BCUT2D eigenvalue weighted by atomic mass is 16.5. The fourth-order valence-corrected chi connectivity index (χ4v) is 1.39. The molecule has 0 unspecified atom stereocenters. The molecular weight excluding hydrogens is 184 g/mol. The molecule has 0 aliphatic rings. The molecule has 5 heteroatoms. The maximum Gasteiger partial charge on any atom is 0.323 e. The van der Waals surface area contributed by atoms with Crippen molar-refractivity contribution in [3.63, 3.8) is 0 Å². The van der Waals surface area contributed by atoms with E-state index in [0.29, 0.717) is 28.6 Å². The van der Waals surface area contributed by atoms with E-state index in [-0.39, 0.29) is 5.69 Å². The molecule has 2 rings (SSSR count). The van der Waals surface area contributed by atoms with Crippen LogP contribution in [0.1, 0.15) is 10.4 Å². The average molecular weight is 192 g/mol. The fraction of sp³-hybridized carbons (Fsp3) is 0.111. The number of hydrogen-bond donors (Lipinski definition) is 2. The fourth-order valence-electron chi connectivity index (χ4n) is 1.39. The summed E-state index contributed by atoms with van der Waals surface area (Å²) < 4.78 is 5.03. The third kappa shape index (κ3) is 1.10. The van der Waals surface area contributed by atoms with Crippen LogP contribution in [0.2, 0.25) is 0 Å². The second-order valence-electron chi connectivity index (χ2n) is 2.80. The first-order chi connectivity index (χ1) is 6.76. The van der Waals surface area contributed by atoms with E-state index in [0.717, 1.165) is 0 Å². The molecule has 0 radical (unpaired) electrons. The molecule has 2 aromatic rings. The van der Waals surface area contributed by atoms with E-state index in [1.807, 2.05) is 0 Å². The largest absolute Gasteiger partial charge is 0.494 e. The van der Waals surface area contributed by atoms with Crippen LogP contribution in [0, 0.1) is 0 Å². The molecule has 72 valence electrons. The second-order valence-corrected chi connectivity index (χ2v) is 2.80. The Morgan fingerprint density at radius 2 is 2.00 bits per heavy atom. The maximum absolute atomic E-state index is 11.0. The summed E-state index contributed by atoms with van der Waals surface area (Å²) in [6, 6.07) is 3.23. The van der Waals surface area contributed by atoms with E-state index in [1.54, 1.807) is 12.1 Å². The molecule has 0 bridgehead atoms. The summed E-state index contributed by atoms with van der Waals surface area (Å²) in [6.45, 7) is 0. The Balaban J connectivity index is 2.90. The van der Waals surface area contributed by atoms with Gasteiger partial charge < -0.3 is 14.7 Å². The first-order valence-corrected chi connectivity index (χ1v) is 4.00. The number of carbonyl (C=O) groups is 1. The number of H-pyrrole nitrogens is 2. The molecule has 0 saturated heterocycles. The van der Waals surface area contributed by atoms with E-state index in [4.69, 9.17) is 4.74 Å². The van der Waals surface area contributed by atoms with Crippen LogP contribution in [0.5, 0.6) is 5.75 Å². The lowest BCUT2D eigenvalue weighted by molar-refractivity contribution is 0.112. The Kier molecular flexibility index (Phi) is 1.85. The number of fused-ring (bicyclic) bond motifs is 1. The average Bonchev–Trinajstić information content (AvgIpc) is 2.57. The van der Waals surface area contributed by atoms with E-state index in [2.05, 4.69) is 9.97 Å². The Bertz CT molecular complexity index is 538. The monoisotopic (exact) mass is 192 g/mol. The number of aromatic nitrogens is 2. The van der Waals surface area contributed by atoms with Crippen molar-refractivity contribution < 1.29 is 9.53 Å². The second kappa shape index (κ2) is 3.02. The van der Waals surface area contributed by atoms with Crippen LogP contribution in [-0.2, 0) is 0 Å². The maximum atomic E-state index is 11.0. The van der Waals surface area contributed by atoms with Crippen LogP contribution in [0.4, 0.5) is 0 Å². The minimum absolute atomic E-state index is 0.354. The van der Waals surface area contributed by atoms with E-state index in [1.165, 1.54) is 7.11 Å². The van der Waals surface area contributed by atoms with E-state index in [9.17, 15) is 9.59 Å². The number of benzene rings is 1. The zero-order valence-corrected chi connectivity index (χ0v) is 7.46. The van der Waals surface area contributed by atoms with Crippen LogP contribution < -0.4 is 10.4 Å². The molecule has 2 N–H and O–H groups in total. The van der Waals surface area contributed by atoms with Gasteiger partial charge in [-0.25, -0.2) is 4.79 Å². The predicted molar refractivity (Wildman–Crippen MR) is 50.9 cm³/mol. The Labute approximate surface area is 78.7 Å². The molecule has 0 saturated carbocycles. The molecule has 1 heterocycles. The Morgan fingerprint density at radius 1 is 1.29 bits per heavy atom. The van der Waals surface area contributed by atoms with Gasteiger partial charge in [-0.05, 0) is 12.1 Å². The summed E-state index contributed by atoms with van der Waals surface area (Å²) >= 11 is 0. The number of hydrogen-bond acceptors (Lipinski definition) is 3. The highest BCUT2D eigenvalue weighted by molar-refractivity contribution is 5.96. The number of rotatable bonds is 2. The van der Waals surface area contributed by atoms with Crippen molar-refractivity contribution in [2.45, 2.75) is 0 Å². The number of methoxy groups -OCH3 is 1. The third-order valence-corrected chi connectivity index (χ3v) is 2.02. The summed E-state index contributed by atoms with van der Waals surface area (Å²) in [5, 5.41) is 0. The van der Waals surface area contributed by atoms with Crippen LogP contribution in [-0.4, -0.2) is 23.4 Å². The standard InChI is InChI=1S/C9H8N2O3/c1-14-6-3-2-5(4-12)7-8(6)11-9(13)10-7/h2-4H,1H3,(H2,10,11,13). The molecule has 14 heavy (non-hydrogen) atoms. The van der Waals surface area contributed by atoms with Gasteiger partial charge in [0, 0.05) is 5.56 Å². The van der Waals surface area contributed by atoms with Crippen molar-refractivity contribution in [2.75, 3.05) is 7.11 Å². The number of nitrogens with one attached hydrogen (secondary N) is 2. The number of aldehydes is 1. The van der Waals surface area contributed by atoms with Gasteiger partial charge in [-0.1, -0.05) is 0 Å². The number of imidazole rings is 1. The Hall–Kier alpha value is -2.04. The van der Waals surface area contributed by atoms with Gasteiger partial charge in [0.2, 0.25) is 0 Å². The highest BCUT2D eigenvalue weighted by Crippen LogP contribution is 2.23. The predicted octanol–water partition coefficient (Wildman–Crippen LogP) is 0.677. The molecule has 1 aromatic heterocycles. The van der Waals surface area contributed by atoms with Gasteiger partial charge in [0.25, 0.3) is 0 Å². The molecule has 0 spiro atoms. The molecule has 0 aliphatic carbocycles. The van der Waals surface area contributed by atoms with Crippen LogP contribution in [0.15, 0.2) is 16.9 Å². The molecule has 1 aromatic carbocycles. The lowest BCUT2D eigenvalue weighted by Crippen LogP contribution is -1.99. The number of aromatic amines is 2. The first-order valence-electron chi connectivity index (χ1n) is 4.00. The summed E-state index contributed by atoms with van der Waals surface area (Å²) in [7, 11) is 1.50. The summed E-state index contributed by atoms with van der Waals surface area (Å²) in [4.78, 5) is 26.8. The molecular formula is C9H8N2O3. The lowest BCUT2D eigenvalue weighted by Gasteiger charge is -2.01. The SMILES string of the molecule is COc1ccc(C=O)c2[nH]c(=O)[nH]c12. The van der Waals surface area contributed by atoms with Gasteiger partial charge in [-0.15, -0.1) is 0 Å². The zero-order valence-electron chi connectivity index (χ0n) is 7.46. The van der Waals surface area contributed by atoms with Crippen molar-refractivity contribution >= 4 is 17.3 Å². The first kappa shape index (κ1) is 8.55.